The Labute approximate surface area is 172 Å². The van der Waals surface area contributed by atoms with Crippen molar-refractivity contribution in [1.82, 2.24) is 9.88 Å². The smallest absolute Gasteiger partial charge is 0.221 e. The first kappa shape index (κ1) is 20.8. The van der Waals surface area contributed by atoms with E-state index in [2.05, 4.69) is 11.9 Å². The van der Waals surface area contributed by atoms with Crippen LogP contribution in [0.25, 0.3) is 10.9 Å². The summed E-state index contributed by atoms with van der Waals surface area (Å²) in [6.07, 6.45) is 1.19. The molecule has 0 radical (unpaired) electrons. The zero-order valence-electron chi connectivity index (χ0n) is 15.5. The molecule has 1 aliphatic carbocycles. The molecule has 2 aromatic rings. The number of carbonyl (C=O) groups is 2. The number of pyridine rings is 1. The van der Waals surface area contributed by atoms with E-state index in [9.17, 15) is 4.79 Å². The molecule has 0 bridgehead atoms. The van der Waals surface area contributed by atoms with Gasteiger partial charge in [-0.2, -0.15) is 0 Å². The average molecular weight is 426 g/mol. The molecule has 2 unspecified atom stereocenters. The number of fused-ring (bicyclic) bond motifs is 3. The lowest BCUT2D eigenvalue weighted by Gasteiger charge is -2.14. The highest BCUT2D eigenvalue weighted by Gasteiger charge is 2.46. The number of nitrogens with two attached hydrogens (primary N) is 1. The van der Waals surface area contributed by atoms with Crippen molar-refractivity contribution in [3.63, 3.8) is 0 Å². The molecule has 2 heterocycles. The fourth-order valence-corrected chi connectivity index (χ4v) is 4.12. The Bertz CT molecular complexity index is 951. The molecule has 2 atom stereocenters. The summed E-state index contributed by atoms with van der Waals surface area (Å²) in [6.45, 7) is 1.24. The maximum absolute atomic E-state index is 11.5. The van der Waals surface area contributed by atoms with Crippen LogP contribution in [-0.4, -0.2) is 47.9 Å². The van der Waals surface area contributed by atoms with E-state index in [4.69, 9.17) is 48.6 Å². The number of hydrogen-bond donors (Lipinski definition) is 2. The van der Waals surface area contributed by atoms with E-state index in [0.717, 1.165) is 30.6 Å². The Balaban J connectivity index is 0.000000516. The van der Waals surface area contributed by atoms with Crippen molar-refractivity contribution in [2.24, 2.45) is 11.7 Å². The van der Waals surface area contributed by atoms with Crippen molar-refractivity contribution >= 4 is 46.3 Å². The van der Waals surface area contributed by atoms with Crippen molar-refractivity contribution in [1.29, 1.82) is 0 Å². The molecular formula is C19H21Cl2N3O4. The first-order chi connectivity index (χ1) is 13.3. The minimum absolute atomic E-state index is 0.0871. The van der Waals surface area contributed by atoms with Crippen molar-refractivity contribution in [2.45, 2.75) is 25.4 Å². The Hall–Kier alpha value is -1.93. The number of aromatic nitrogens is 1. The van der Waals surface area contributed by atoms with Gasteiger partial charge in [0.2, 0.25) is 5.91 Å². The van der Waals surface area contributed by atoms with Gasteiger partial charge in [-0.05, 0) is 30.7 Å². The number of hydrogen-bond acceptors (Lipinski definition) is 6. The Morgan fingerprint density at radius 3 is 2.57 bits per heavy atom. The van der Waals surface area contributed by atoms with Crippen LogP contribution in [0.2, 0.25) is 10.0 Å². The number of nitrogens with zero attached hydrogens (tertiary/aromatic N) is 2. The van der Waals surface area contributed by atoms with Crippen molar-refractivity contribution in [3.05, 3.63) is 32.9 Å². The van der Waals surface area contributed by atoms with Gasteiger partial charge in [0.25, 0.3) is 0 Å². The van der Waals surface area contributed by atoms with Crippen LogP contribution in [0.15, 0.2) is 6.07 Å². The van der Waals surface area contributed by atoms with Gasteiger partial charge in [0.1, 0.15) is 17.1 Å². The number of methoxy groups -OCH3 is 1. The fraction of sp³-hybridized carbons (Fsp3) is 0.421. The molecular weight excluding hydrogens is 405 g/mol. The number of aldehydes is 1. The molecule has 2 aliphatic rings. The first-order valence-corrected chi connectivity index (χ1v) is 9.49. The Kier molecular flexibility index (Phi) is 6.09. The van der Waals surface area contributed by atoms with E-state index in [1.165, 1.54) is 11.1 Å². The van der Waals surface area contributed by atoms with E-state index < -0.39 is 0 Å². The average Bonchev–Trinajstić information content (AvgIpc) is 3.38. The van der Waals surface area contributed by atoms with Crippen LogP contribution < -0.4 is 10.5 Å². The van der Waals surface area contributed by atoms with Crippen molar-refractivity contribution < 1.29 is 19.4 Å². The van der Waals surface area contributed by atoms with E-state index in [1.807, 2.05) is 6.07 Å². The summed E-state index contributed by atoms with van der Waals surface area (Å²) < 4.78 is 5.34. The summed E-state index contributed by atoms with van der Waals surface area (Å²) in [5.41, 5.74) is 9.43. The third kappa shape index (κ3) is 3.67. The molecule has 1 fully saturated rings. The molecule has 1 aliphatic heterocycles. The monoisotopic (exact) mass is 425 g/mol. The van der Waals surface area contributed by atoms with Gasteiger partial charge < -0.3 is 20.4 Å². The largest absolute Gasteiger partial charge is 0.495 e. The highest BCUT2D eigenvalue weighted by molar-refractivity contribution is 6.46. The minimum Gasteiger partial charge on any atom is -0.495 e. The molecule has 1 amide bonds. The van der Waals surface area contributed by atoms with Crippen LogP contribution in [-0.2, 0) is 22.7 Å². The molecule has 1 aromatic heterocycles. The van der Waals surface area contributed by atoms with Crippen LogP contribution in [0.5, 0.6) is 5.75 Å². The van der Waals surface area contributed by atoms with Crippen molar-refractivity contribution in [3.8, 4) is 5.75 Å². The second-order valence-electron chi connectivity index (χ2n) is 6.93. The van der Waals surface area contributed by atoms with Gasteiger partial charge in [-0.1, -0.05) is 23.2 Å². The fourth-order valence-electron chi connectivity index (χ4n) is 3.66. The van der Waals surface area contributed by atoms with Crippen LogP contribution in [0, 0.1) is 5.92 Å². The lowest BCUT2D eigenvalue weighted by molar-refractivity contribution is -0.119. The molecule has 9 heteroatoms. The maximum atomic E-state index is 11.5. The summed E-state index contributed by atoms with van der Waals surface area (Å²) in [6, 6.07) is 1.90. The first-order valence-electron chi connectivity index (χ1n) is 8.73. The predicted molar refractivity (Wildman–Crippen MR) is 107 cm³/mol. The summed E-state index contributed by atoms with van der Waals surface area (Å²) in [4.78, 5) is 27.4. The summed E-state index contributed by atoms with van der Waals surface area (Å²) in [5.74, 6) is 0.240. The number of aliphatic hydroxyl groups excluding tert-OH is 1. The number of benzene rings is 1. The van der Waals surface area contributed by atoms with Crippen LogP contribution >= 0.6 is 23.2 Å². The molecule has 0 saturated heterocycles. The van der Waals surface area contributed by atoms with Gasteiger partial charge in [-0.3, -0.25) is 14.7 Å². The lowest BCUT2D eigenvalue weighted by atomic mass is 9.99. The SMILES string of the molecule is COc1cc2c3c(c(C4CC4C(N)=O)nc2c(Cl)c1Cl)CN(C)C3.O=CCO. The van der Waals surface area contributed by atoms with Gasteiger partial charge in [0.15, 0.2) is 0 Å². The van der Waals surface area contributed by atoms with Crippen molar-refractivity contribution in [2.75, 3.05) is 20.8 Å². The topological polar surface area (TPSA) is 106 Å². The lowest BCUT2D eigenvalue weighted by Crippen LogP contribution is -2.14. The van der Waals surface area contributed by atoms with E-state index >= 15 is 0 Å². The van der Waals surface area contributed by atoms with Crippen LogP contribution in [0.3, 0.4) is 0 Å². The summed E-state index contributed by atoms with van der Waals surface area (Å²) in [7, 11) is 3.63. The maximum Gasteiger partial charge on any atom is 0.221 e. The molecule has 28 heavy (non-hydrogen) atoms. The molecule has 0 spiro atoms. The molecule has 1 saturated carbocycles. The third-order valence-electron chi connectivity index (χ3n) is 5.04. The number of amides is 1. The van der Waals surface area contributed by atoms with E-state index in [0.29, 0.717) is 27.6 Å². The standard InChI is InChI=1S/C17H17Cl2N3O2.C2H4O2/c1-22-5-10-8-4-12(24-2)13(18)14(19)16(8)21-15(11(10)6-22)7-3-9(7)17(20)23;3-1-2-4/h4,7,9H,3,5-6H2,1-2H3,(H2,20,23);1,4H,2H2. The predicted octanol–water partition coefficient (Wildman–Crippen LogP) is 2.26. The summed E-state index contributed by atoms with van der Waals surface area (Å²) >= 11 is 12.8. The Morgan fingerprint density at radius 2 is 2.04 bits per heavy atom. The van der Waals surface area contributed by atoms with Gasteiger partial charge in [0.05, 0.1) is 24.3 Å². The van der Waals surface area contributed by atoms with Crippen LogP contribution in [0.1, 0.15) is 29.2 Å². The Morgan fingerprint density at radius 1 is 1.39 bits per heavy atom. The number of halogens is 2. The number of aliphatic hydroxyl groups is 1. The molecule has 3 N–H and O–H groups in total. The normalized spacial score (nSPS) is 20.3. The highest BCUT2D eigenvalue weighted by atomic mass is 35.5. The van der Waals surface area contributed by atoms with E-state index in [-0.39, 0.29) is 24.3 Å². The number of rotatable bonds is 4. The van der Waals surface area contributed by atoms with Gasteiger partial charge >= 0.3 is 0 Å². The van der Waals surface area contributed by atoms with Gasteiger partial charge in [-0.25, -0.2) is 0 Å². The van der Waals surface area contributed by atoms with E-state index in [1.54, 1.807) is 7.11 Å². The molecule has 7 nitrogen and oxygen atoms in total. The number of ether oxygens (including phenoxy) is 1. The van der Waals surface area contributed by atoms with Gasteiger partial charge in [0, 0.05) is 36.0 Å². The second-order valence-corrected chi connectivity index (χ2v) is 7.69. The quantitative estimate of drug-likeness (QED) is 0.727. The minimum atomic E-state index is -0.361. The third-order valence-corrected chi connectivity index (χ3v) is 5.88. The molecule has 1 aromatic carbocycles. The second kappa shape index (κ2) is 8.21. The summed E-state index contributed by atoms with van der Waals surface area (Å²) in [5, 5.41) is 9.22. The molecule has 150 valence electrons. The molecule has 4 rings (SSSR count). The zero-order chi connectivity index (χ0) is 20.6. The van der Waals surface area contributed by atoms with Crippen LogP contribution in [0.4, 0.5) is 0 Å². The highest BCUT2D eigenvalue weighted by Crippen LogP contribution is 2.51. The number of primary amides is 1. The van der Waals surface area contributed by atoms with Gasteiger partial charge in [-0.15, -0.1) is 0 Å². The zero-order valence-corrected chi connectivity index (χ0v) is 17.0. The number of carbonyl (C=O) groups excluding carboxylic acids is 2.